The Bertz CT molecular complexity index is 1460. The second kappa shape index (κ2) is 8.82. The molecule has 0 radical (unpaired) electrons. The lowest BCUT2D eigenvalue weighted by molar-refractivity contribution is -0.138. The van der Waals surface area contributed by atoms with Gasteiger partial charge in [-0.15, -0.1) is 22.7 Å². The van der Waals surface area contributed by atoms with Crippen LogP contribution < -0.4 is 14.9 Å². The van der Waals surface area contributed by atoms with Gasteiger partial charge in [0.1, 0.15) is 6.04 Å². The number of aromatic nitrogens is 1. The lowest BCUT2D eigenvalue weighted by Gasteiger charge is -2.24. The first-order chi connectivity index (χ1) is 15.7. The van der Waals surface area contributed by atoms with Gasteiger partial charge in [0.15, 0.2) is 4.80 Å². The quantitative estimate of drug-likeness (QED) is 0.407. The van der Waals surface area contributed by atoms with E-state index in [0.29, 0.717) is 20.6 Å². The minimum Gasteiger partial charge on any atom is -0.463 e. The van der Waals surface area contributed by atoms with E-state index in [1.807, 2.05) is 71.4 Å². The number of hydrogen-bond acceptors (Lipinski definition) is 7. The molecule has 1 aromatic carbocycles. The zero-order valence-corrected chi connectivity index (χ0v) is 19.5. The van der Waals surface area contributed by atoms with Crippen molar-refractivity contribution in [3.8, 4) is 0 Å². The highest BCUT2D eigenvalue weighted by molar-refractivity contribution is 7.11. The topological polar surface area (TPSA) is 60.7 Å². The first-order valence-corrected chi connectivity index (χ1v) is 12.6. The molecule has 1 atom stereocenters. The van der Waals surface area contributed by atoms with Gasteiger partial charge < -0.3 is 4.74 Å². The molecule has 0 aliphatic carbocycles. The number of nitrogens with zero attached hydrogens (tertiary/aromatic N) is 2. The van der Waals surface area contributed by atoms with Crippen LogP contribution in [-0.4, -0.2) is 17.1 Å². The summed E-state index contributed by atoms with van der Waals surface area (Å²) in [7, 11) is 0. The molecule has 32 heavy (non-hydrogen) atoms. The number of thiophene rings is 2. The van der Waals surface area contributed by atoms with E-state index in [1.165, 1.54) is 22.7 Å². The van der Waals surface area contributed by atoms with Gasteiger partial charge in [-0.1, -0.05) is 53.8 Å². The highest BCUT2D eigenvalue weighted by atomic mass is 32.1. The number of thiazole rings is 1. The molecule has 0 spiro atoms. The number of hydrogen-bond donors (Lipinski definition) is 0. The molecule has 4 aromatic rings. The molecule has 0 bridgehead atoms. The zero-order valence-electron chi connectivity index (χ0n) is 17.1. The molecule has 5 nitrogen and oxygen atoms in total. The Morgan fingerprint density at radius 1 is 1.09 bits per heavy atom. The predicted molar refractivity (Wildman–Crippen MR) is 130 cm³/mol. The molecule has 0 N–H and O–H groups in total. The van der Waals surface area contributed by atoms with Gasteiger partial charge in [0.25, 0.3) is 5.56 Å². The fourth-order valence-electron chi connectivity index (χ4n) is 3.66. The standard InChI is InChI=1S/C24H18N2O3S3/c1-2-29-23(28)19-20(15-8-4-3-5-9-15)25-24-26(21(19)17-11-7-13-31-17)22(27)18(32-24)14-16-10-6-12-30-16/h3-14,21H,2H2,1H3. The Hall–Kier alpha value is -3.07. The van der Waals surface area contributed by atoms with Gasteiger partial charge in [0, 0.05) is 15.3 Å². The molecule has 160 valence electrons. The smallest absolute Gasteiger partial charge is 0.338 e. The van der Waals surface area contributed by atoms with Crippen LogP contribution in [0.5, 0.6) is 0 Å². The maximum Gasteiger partial charge on any atom is 0.338 e. The van der Waals surface area contributed by atoms with Crippen molar-refractivity contribution in [2.45, 2.75) is 13.0 Å². The average Bonchev–Trinajstić information content (AvgIpc) is 3.57. The van der Waals surface area contributed by atoms with Crippen LogP contribution in [0.25, 0.3) is 11.8 Å². The molecule has 3 aromatic heterocycles. The number of ether oxygens (including phenoxy) is 1. The molecular weight excluding hydrogens is 460 g/mol. The summed E-state index contributed by atoms with van der Waals surface area (Å²) in [6.45, 7) is 2.02. The van der Waals surface area contributed by atoms with E-state index in [-0.39, 0.29) is 12.2 Å². The summed E-state index contributed by atoms with van der Waals surface area (Å²) >= 11 is 4.42. The maximum absolute atomic E-state index is 13.5. The SMILES string of the molecule is CCOC(=O)C1=C(c2ccccc2)N=c2sc(=Cc3cccs3)c(=O)n2C1c1cccs1. The summed E-state index contributed by atoms with van der Waals surface area (Å²) < 4.78 is 7.66. The molecule has 4 heterocycles. The van der Waals surface area contributed by atoms with E-state index in [4.69, 9.17) is 9.73 Å². The third kappa shape index (κ3) is 3.70. The van der Waals surface area contributed by atoms with Crippen LogP contribution in [-0.2, 0) is 9.53 Å². The van der Waals surface area contributed by atoms with Crippen molar-refractivity contribution in [1.82, 2.24) is 4.57 Å². The van der Waals surface area contributed by atoms with Crippen molar-refractivity contribution in [2.75, 3.05) is 6.61 Å². The Balaban J connectivity index is 1.83. The number of fused-ring (bicyclic) bond motifs is 1. The number of carbonyl (C=O) groups excluding carboxylic acids is 1. The van der Waals surface area contributed by atoms with Crippen LogP contribution >= 0.6 is 34.0 Å². The monoisotopic (exact) mass is 478 g/mol. The Morgan fingerprint density at radius 2 is 1.88 bits per heavy atom. The van der Waals surface area contributed by atoms with Crippen LogP contribution in [0.3, 0.4) is 0 Å². The van der Waals surface area contributed by atoms with E-state index in [1.54, 1.807) is 22.8 Å². The summed E-state index contributed by atoms with van der Waals surface area (Å²) in [5.74, 6) is -0.457. The number of carbonyl (C=O) groups is 1. The highest BCUT2D eigenvalue weighted by Gasteiger charge is 2.35. The summed E-state index contributed by atoms with van der Waals surface area (Å²) in [4.78, 5) is 34.0. The number of rotatable bonds is 5. The molecule has 1 aliphatic rings. The zero-order chi connectivity index (χ0) is 22.1. The molecular formula is C24H18N2O3S3. The van der Waals surface area contributed by atoms with Crippen LogP contribution in [0.4, 0.5) is 0 Å². The second-order valence-corrected chi connectivity index (χ2v) is 9.93. The third-order valence-corrected chi connectivity index (χ3v) is 7.73. The number of benzene rings is 1. The minimum absolute atomic E-state index is 0.158. The van der Waals surface area contributed by atoms with Crippen LogP contribution in [0, 0.1) is 0 Å². The Morgan fingerprint density at radius 3 is 2.56 bits per heavy atom. The molecule has 1 aliphatic heterocycles. The summed E-state index contributed by atoms with van der Waals surface area (Å²) in [5.41, 5.74) is 1.59. The van der Waals surface area contributed by atoms with E-state index < -0.39 is 12.0 Å². The molecule has 1 unspecified atom stereocenters. The van der Waals surface area contributed by atoms with Gasteiger partial charge in [-0.25, -0.2) is 9.79 Å². The van der Waals surface area contributed by atoms with Crippen molar-refractivity contribution in [2.24, 2.45) is 4.99 Å². The maximum atomic E-state index is 13.5. The molecule has 8 heteroatoms. The highest BCUT2D eigenvalue weighted by Crippen LogP contribution is 2.36. The second-order valence-electron chi connectivity index (χ2n) is 6.96. The van der Waals surface area contributed by atoms with Gasteiger partial charge in [-0.05, 0) is 35.9 Å². The molecule has 0 saturated carbocycles. The summed E-state index contributed by atoms with van der Waals surface area (Å²) in [6, 6.07) is 16.8. The van der Waals surface area contributed by atoms with Crippen LogP contribution in [0.1, 0.15) is 28.3 Å². The van der Waals surface area contributed by atoms with Gasteiger partial charge in [-0.2, -0.15) is 0 Å². The molecule has 0 saturated heterocycles. The Kier molecular flexibility index (Phi) is 5.73. The number of esters is 1. The van der Waals surface area contributed by atoms with Crippen LogP contribution in [0.2, 0.25) is 0 Å². The van der Waals surface area contributed by atoms with Gasteiger partial charge in [-0.3, -0.25) is 9.36 Å². The van der Waals surface area contributed by atoms with Gasteiger partial charge in [0.2, 0.25) is 0 Å². The van der Waals surface area contributed by atoms with E-state index in [0.717, 1.165) is 15.3 Å². The van der Waals surface area contributed by atoms with Crippen molar-refractivity contribution >= 4 is 51.8 Å². The fraction of sp³-hybridized carbons (Fsp3) is 0.125. The Labute approximate surface area is 195 Å². The predicted octanol–water partition coefficient (Wildman–Crippen LogP) is 4.06. The van der Waals surface area contributed by atoms with Crippen LogP contribution in [0.15, 0.2) is 80.7 Å². The summed E-state index contributed by atoms with van der Waals surface area (Å²) in [6.07, 6.45) is 1.89. The average molecular weight is 479 g/mol. The van der Waals surface area contributed by atoms with Crippen molar-refractivity contribution in [3.63, 3.8) is 0 Å². The normalized spacial score (nSPS) is 16.0. The van der Waals surface area contributed by atoms with Crippen molar-refractivity contribution in [3.05, 3.63) is 106 Å². The van der Waals surface area contributed by atoms with Crippen molar-refractivity contribution < 1.29 is 9.53 Å². The molecule has 5 rings (SSSR count). The summed E-state index contributed by atoms with van der Waals surface area (Å²) in [5, 5.41) is 3.92. The lowest BCUT2D eigenvalue weighted by atomic mass is 9.97. The third-order valence-electron chi connectivity index (χ3n) is 5.00. The molecule has 0 amide bonds. The van der Waals surface area contributed by atoms with E-state index in [9.17, 15) is 9.59 Å². The van der Waals surface area contributed by atoms with E-state index >= 15 is 0 Å². The first kappa shape index (κ1) is 20.8. The lowest BCUT2D eigenvalue weighted by Crippen LogP contribution is -2.39. The van der Waals surface area contributed by atoms with Gasteiger partial charge in [0.05, 0.1) is 22.4 Å². The first-order valence-electron chi connectivity index (χ1n) is 10.0. The van der Waals surface area contributed by atoms with Crippen molar-refractivity contribution in [1.29, 1.82) is 0 Å². The van der Waals surface area contributed by atoms with E-state index in [2.05, 4.69) is 0 Å². The fourth-order valence-corrected chi connectivity index (χ4v) is 6.21. The molecule has 0 fully saturated rings. The minimum atomic E-state index is -0.592. The van der Waals surface area contributed by atoms with Gasteiger partial charge >= 0.3 is 5.97 Å². The largest absolute Gasteiger partial charge is 0.463 e.